The molecule has 1 saturated heterocycles. The Kier molecular flexibility index (Phi) is 4.51. The highest BCUT2D eigenvalue weighted by molar-refractivity contribution is 4.94. The molecule has 0 aromatic heterocycles. The highest BCUT2D eigenvalue weighted by Crippen LogP contribution is 2.44. The summed E-state index contributed by atoms with van der Waals surface area (Å²) in [5, 5.41) is 0. The minimum absolute atomic E-state index is 0.905. The van der Waals surface area contributed by atoms with E-state index >= 15 is 0 Å². The molecule has 3 fully saturated rings. The Morgan fingerprint density at radius 2 is 1.26 bits per heavy atom. The predicted molar refractivity (Wildman–Crippen MR) is 82.3 cm³/mol. The van der Waals surface area contributed by atoms with E-state index in [0.717, 1.165) is 30.0 Å². The molecule has 0 radical (unpaired) electrons. The second kappa shape index (κ2) is 6.16. The zero-order valence-electron chi connectivity index (χ0n) is 13.1. The largest absolute Gasteiger partial charge is 0.294 e. The van der Waals surface area contributed by atoms with Gasteiger partial charge in [0.05, 0.1) is 0 Å². The summed E-state index contributed by atoms with van der Waals surface area (Å²) in [6, 6.07) is 2.75. The van der Waals surface area contributed by atoms with Gasteiger partial charge < -0.3 is 0 Å². The molecule has 0 spiro atoms. The maximum absolute atomic E-state index is 3.02. The van der Waals surface area contributed by atoms with Crippen LogP contribution >= 0.6 is 0 Å². The molecule has 3 rings (SSSR count). The molecule has 2 bridgehead atoms. The first-order valence-electron chi connectivity index (χ1n) is 9.09. The van der Waals surface area contributed by atoms with Crippen molar-refractivity contribution < 1.29 is 0 Å². The third kappa shape index (κ3) is 2.86. The zero-order chi connectivity index (χ0) is 13.2. The van der Waals surface area contributed by atoms with Crippen LogP contribution in [-0.4, -0.2) is 23.0 Å². The van der Waals surface area contributed by atoms with E-state index in [4.69, 9.17) is 0 Å². The summed E-state index contributed by atoms with van der Waals surface area (Å²) in [5.74, 6) is 2.16. The topological polar surface area (TPSA) is 3.24 Å². The summed E-state index contributed by atoms with van der Waals surface area (Å²) < 4.78 is 0. The minimum Gasteiger partial charge on any atom is -0.294 e. The van der Waals surface area contributed by atoms with Gasteiger partial charge in [-0.1, -0.05) is 39.5 Å². The van der Waals surface area contributed by atoms with Crippen LogP contribution in [0.1, 0.15) is 84.5 Å². The molecule has 1 nitrogen and oxygen atoms in total. The van der Waals surface area contributed by atoms with E-state index in [1.807, 2.05) is 0 Å². The van der Waals surface area contributed by atoms with Crippen LogP contribution in [0.25, 0.3) is 0 Å². The predicted octanol–water partition coefficient (Wildman–Crippen LogP) is 5.00. The molecule has 1 heteroatoms. The Labute approximate surface area is 120 Å². The fourth-order valence-electron chi connectivity index (χ4n) is 5.55. The lowest BCUT2D eigenvalue weighted by Crippen LogP contribution is -2.54. The van der Waals surface area contributed by atoms with Crippen molar-refractivity contribution in [1.29, 1.82) is 0 Å². The van der Waals surface area contributed by atoms with Gasteiger partial charge >= 0.3 is 0 Å². The number of piperidine rings is 1. The fraction of sp³-hybridized carbons (Fsp3) is 1.00. The summed E-state index contributed by atoms with van der Waals surface area (Å²) >= 11 is 0. The zero-order valence-corrected chi connectivity index (χ0v) is 13.1. The van der Waals surface area contributed by atoms with Crippen molar-refractivity contribution in [3.8, 4) is 0 Å². The molecule has 0 aromatic rings. The molecule has 4 unspecified atom stereocenters. The average Bonchev–Trinajstić information content (AvgIpc) is 2.45. The van der Waals surface area contributed by atoms with Crippen LogP contribution in [0, 0.1) is 11.8 Å². The Morgan fingerprint density at radius 3 is 1.79 bits per heavy atom. The number of fused-ring (bicyclic) bond motifs is 2. The van der Waals surface area contributed by atoms with Crippen molar-refractivity contribution in [2.75, 3.05) is 0 Å². The van der Waals surface area contributed by atoms with Gasteiger partial charge in [0, 0.05) is 18.1 Å². The van der Waals surface area contributed by atoms with Crippen molar-refractivity contribution in [1.82, 2.24) is 4.90 Å². The summed E-state index contributed by atoms with van der Waals surface area (Å²) in [4.78, 5) is 3.02. The van der Waals surface area contributed by atoms with Crippen molar-refractivity contribution in [3.63, 3.8) is 0 Å². The van der Waals surface area contributed by atoms with Crippen LogP contribution in [0.3, 0.4) is 0 Å². The molecule has 2 saturated carbocycles. The van der Waals surface area contributed by atoms with Crippen molar-refractivity contribution in [2.24, 2.45) is 11.8 Å². The second-order valence-electron chi connectivity index (χ2n) is 7.53. The lowest BCUT2D eigenvalue weighted by Gasteiger charge is -2.51. The number of rotatable bonds is 3. The SMILES string of the molecule is CCC1CCCC(CC)N1C1CC2CCCC(C2)C1. The van der Waals surface area contributed by atoms with Crippen molar-refractivity contribution >= 4 is 0 Å². The maximum Gasteiger partial charge on any atom is 0.0106 e. The molecule has 4 atom stereocenters. The third-order valence-electron chi connectivity index (χ3n) is 6.38. The molecule has 3 aliphatic rings. The number of hydrogen-bond donors (Lipinski definition) is 0. The van der Waals surface area contributed by atoms with Crippen LogP contribution in [-0.2, 0) is 0 Å². The smallest absolute Gasteiger partial charge is 0.0106 e. The lowest BCUT2D eigenvalue weighted by atomic mass is 9.69. The molecule has 1 heterocycles. The standard InChI is InChI=1S/C18H33N/c1-3-16-9-6-10-17(4-2)19(16)18-12-14-7-5-8-15(11-14)13-18/h14-18H,3-13H2,1-2H3. The summed E-state index contributed by atoms with van der Waals surface area (Å²) in [6.07, 6.45) is 16.4. The van der Waals surface area contributed by atoms with Crippen LogP contribution < -0.4 is 0 Å². The van der Waals surface area contributed by atoms with Gasteiger partial charge in [-0.05, 0) is 56.8 Å². The average molecular weight is 263 g/mol. The molecule has 19 heavy (non-hydrogen) atoms. The molecular weight excluding hydrogens is 230 g/mol. The van der Waals surface area contributed by atoms with E-state index in [1.54, 1.807) is 6.42 Å². The van der Waals surface area contributed by atoms with E-state index in [0.29, 0.717) is 0 Å². The van der Waals surface area contributed by atoms with Gasteiger partial charge in [-0.25, -0.2) is 0 Å². The molecule has 0 amide bonds. The van der Waals surface area contributed by atoms with E-state index < -0.39 is 0 Å². The van der Waals surface area contributed by atoms with Crippen LogP contribution in [0.15, 0.2) is 0 Å². The number of likely N-dealkylation sites (tertiary alicyclic amines) is 1. The Morgan fingerprint density at radius 1 is 0.737 bits per heavy atom. The van der Waals surface area contributed by atoms with Gasteiger partial charge in [-0.2, -0.15) is 0 Å². The summed E-state index contributed by atoms with van der Waals surface area (Å²) in [5.41, 5.74) is 0. The van der Waals surface area contributed by atoms with Gasteiger partial charge in [-0.15, -0.1) is 0 Å². The van der Waals surface area contributed by atoms with Crippen LogP contribution in [0.2, 0.25) is 0 Å². The molecule has 0 aromatic carbocycles. The quantitative estimate of drug-likeness (QED) is 0.692. The molecule has 0 N–H and O–H groups in total. The van der Waals surface area contributed by atoms with Gasteiger partial charge in [-0.3, -0.25) is 4.90 Å². The Balaban J connectivity index is 1.73. The lowest BCUT2D eigenvalue weighted by molar-refractivity contribution is -0.0134. The first-order chi connectivity index (χ1) is 9.31. The van der Waals surface area contributed by atoms with E-state index in [2.05, 4.69) is 18.7 Å². The Bertz CT molecular complexity index is 263. The monoisotopic (exact) mass is 263 g/mol. The van der Waals surface area contributed by atoms with E-state index in [1.165, 1.54) is 64.2 Å². The third-order valence-corrected chi connectivity index (χ3v) is 6.38. The Hall–Kier alpha value is -0.0400. The number of hydrogen-bond acceptors (Lipinski definition) is 1. The van der Waals surface area contributed by atoms with Crippen LogP contribution in [0.4, 0.5) is 0 Å². The van der Waals surface area contributed by atoms with Gasteiger partial charge in [0.1, 0.15) is 0 Å². The first kappa shape index (κ1) is 13.9. The minimum atomic E-state index is 0.905. The van der Waals surface area contributed by atoms with E-state index in [-0.39, 0.29) is 0 Å². The molecule has 1 aliphatic heterocycles. The highest BCUT2D eigenvalue weighted by Gasteiger charge is 2.39. The maximum atomic E-state index is 3.02. The summed E-state index contributed by atoms with van der Waals surface area (Å²) in [7, 11) is 0. The summed E-state index contributed by atoms with van der Waals surface area (Å²) in [6.45, 7) is 4.83. The molecular formula is C18H33N. The normalized spacial score (nSPS) is 44.2. The molecule has 2 aliphatic carbocycles. The van der Waals surface area contributed by atoms with Crippen LogP contribution in [0.5, 0.6) is 0 Å². The fourth-order valence-corrected chi connectivity index (χ4v) is 5.55. The molecule has 110 valence electrons. The second-order valence-corrected chi connectivity index (χ2v) is 7.53. The number of nitrogens with zero attached hydrogens (tertiary/aromatic N) is 1. The first-order valence-corrected chi connectivity index (χ1v) is 9.09. The van der Waals surface area contributed by atoms with Gasteiger partial charge in [0.25, 0.3) is 0 Å². The van der Waals surface area contributed by atoms with E-state index in [9.17, 15) is 0 Å². The van der Waals surface area contributed by atoms with Gasteiger partial charge in [0.2, 0.25) is 0 Å². The van der Waals surface area contributed by atoms with Crippen molar-refractivity contribution in [2.45, 2.75) is 103 Å². The van der Waals surface area contributed by atoms with Crippen molar-refractivity contribution in [3.05, 3.63) is 0 Å². The van der Waals surface area contributed by atoms with Gasteiger partial charge in [0.15, 0.2) is 0 Å². The highest BCUT2D eigenvalue weighted by atomic mass is 15.2.